The number of carbonyl (C=O) groups is 3. The Hall–Kier alpha value is -2.69. The van der Waals surface area contributed by atoms with Crippen LogP contribution in [-0.2, 0) is 30.4 Å². The Balaban J connectivity index is 0.000000192. The van der Waals surface area contributed by atoms with E-state index >= 15 is 0 Å². The number of fused-ring (bicyclic) bond motifs is 2. The molecule has 5 rings (SSSR count). The SMILES string of the molecule is C[C@@H]1CCO[C@H]2CN(C(=O)OCc3ccccc3)CC(=O)N12.C[C@@H]1CCO[C@H]2CNCC(=O)N12. The van der Waals surface area contributed by atoms with E-state index < -0.39 is 6.09 Å². The highest BCUT2D eigenvalue weighted by molar-refractivity contribution is 5.84. The molecule has 10 nitrogen and oxygen atoms in total. The van der Waals surface area contributed by atoms with Gasteiger partial charge in [-0.25, -0.2) is 4.79 Å². The van der Waals surface area contributed by atoms with Gasteiger partial charge in [0.05, 0.1) is 26.3 Å². The van der Waals surface area contributed by atoms with Crippen LogP contribution in [0.5, 0.6) is 0 Å². The summed E-state index contributed by atoms with van der Waals surface area (Å²) in [6, 6.07) is 9.98. The summed E-state index contributed by atoms with van der Waals surface area (Å²) in [5.41, 5.74) is 0.920. The number of benzene rings is 1. The Bertz CT molecular complexity index is 866. The van der Waals surface area contributed by atoms with E-state index in [0.29, 0.717) is 25.7 Å². The fraction of sp³-hybridized carbons (Fsp3) is 0.625. The Morgan fingerprint density at radius 2 is 1.65 bits per heavy atom. The normalized spacial score (nSPS) is 28.9. The van der Waals surface area contributed by atoms with Crippen molar-refractivity contribution in [2.45, 2.75) is 57.8 Å². The van der Waals surface area contributed by atoms with Gasteiger partial charge in [-0.1, -0.05) is 30.3 Å². The van der Waals surface area contributed by atoms with Crippen molar-refractivity contribution < 1.29 is 28.6 Å². The highest BCUT2D eigenvalue weighted by atomic mass is 16.6. The van der Waals surface area contributed by atoms with E-state index in [9.17, 15) is 14.4 Å². The van der Waals surface area contributed by atoms with Gasteiger partial charge in [-0.15, -0.1) is 0 Å². The number of ether oxygens (including phenoxy) is 3. The third kappa shape index (κ3) is 5.68. The summed E-state index contributed by atoms with van der Waals surface area (Å²) in [7, 11) is 0. The van der Waals surface area contributed by atoms with Crippen LogP contribution in [-0.4, -0.2) is 96.5 Å². The summed E-state index contributed by atoms with van der Waals surface area (Å²) in [5, 5.41) is 3.04. The van der Waals surface area contributed by atoms with Gasteiger partial charge >= 0.3 is 6.09 Å². The van der Waals surface area contributed by atoms with Crippen LogP contribution in [0.4, 0.5) is 4.79 Å². The van der Waals surface area contributed by atoms with Crippen LogP contribution in [0.2, 0.25) is 0 Å². The summed E-state index contributed by atoms with van der Waals surface area (Å²) in [5.74, 6) is 0.0820. The molecular weight excluding hydrogens is 440 g/mol. The van der Waals surface area contributed by atoms with Gasteiger partial charge in [0.25, 0.3) is 0 Å². The molecule has 0 radical (unpaired) electrons. The van der Waals surface area contributed by atoms with Crippen LogP contribution in [0.3, 0.4) is 0 Å². The Morgan fingerprint density at radius 1 is 1.00 bits per heavy atom. The fourth-order valence-electron chi connectivity index (χ4n) is 4.71. The molecular formula is C24H34N4O6. The average Bonchev–Trinajstić information content (AvgIpc) is 2.83. The van der Waals surface area contributed by atoms with Gasteiger partial charge in [0.1, 0.15) is 25.6 Å². The van der Waals surface area contributed by atoms with Crippen LogP contribution in [0.15, 0.2) is 30.3 Å². The average molecular weight is 475 g/mol. The molecule has 4 saturated heterocycles. The highest BCUT2D eigenvalue weighted by Crippen LogP contribution is 2.23. The maximum Gasteiger partial charge on any atom is 0.410 e. The maximum absolute atomic E-state index is 12.2. The second-order valence-corrected chi connectivity index (χ2v) is 9.08. The first-order chi connectivity index (χ1) is 16.4. The minimum Gasteiger partial charge on any atom is -0.445 e. The van der Waals surface area contributed by atoms with Crippen LogP contribution in [0.25, 0.3) is 0 Å². The Labute approximate surface area is 200 Å². The van der Waals surface area contributed by atoms with E-state index in [4.69, 9.17) is 14.2 Å². The predicted octanol–water partition coefficient (Wildman–Crippen LogP) is 1.16. The van der Waals surface area contributed by atoms with Crippen molar-refractivity contribution in [3.63, 3.8) is 0 Å². The molecule has 3 amide bonds. The molecule has 4 fully saturated rings. The number of piperazine rings is 2. The standard InChI is InChI=1S/C16H20N2O4.C8H14N2O2/c1-12-7-8-21-15-10-17(9-14(19)18(12)15)16(20)22-11-13-5-3-2-4-6-13;1-6-2-3-12-8-5-9-4-7(11)10(6)8/h2-6,12,15H,7-11H2,1H3;6,8-9H,2-5H2,1H3/t12-,15+;6-,8+/m11/s1. The first-order valence-electron chi connectivity index (χ1n) is 12.0. The molecule has 0 spiro atoms. The first-order valence-corrected chi connectivity index (χ1v) is 12.0. The van der Waals surface area contributed by atoms with Crippen molar-refractivity contribution in [2.75, 3.05) is 39.4 Å². The van der Waals surface area contributed by atoms with Gasteiger partial charge in [0.2, 0.25) is 11.8 Å². The van der Waals surface area contributed by atoms with Crippen molar-refractivity contribution in [3.8, 4) is 0 Å². The molecule has 0 saturated carbocycles. The van der Waals surface area contributed by atoms with Crippen molar-refractivity contribution in [1.29, 1.82) is 0 Å². The van der Waals surface area contributed by atoms with Crippen molar-refractivity contribution >= 4 is 17.9 Å². The molecule has 0 aromatic heterocycles. The number of hydrogen-bond donors (Lipinski definition) is 1. The zero-order valence-electron chi connectivity index (χ0n) is 19.9. The van der Waals surface area contributed by atoms with E-state index in [0.717, 1.165) is 31.6 Å². The van der Waals surface area contributed by atoms with Gasteiger partial charge in [-0.2, -0.15) is 0 Å². The topological polar surface area (TPSA) is 101 Å². The number of amides is 3. The van der Waals surface area contributed by atoms with Crippen LogP contribution < -0.4 is 5.32 Å². The zero-order chi connectivity index (χ0) is 24.1. The van der Waals surface area contributed by atoms with Crippen molar-refractivity contribution in [2.24, 2.45) is 0 Å². The number of nitrogens with zero attached hydrogens (tertiary/aromatic N) is 3. The van der Waals surface area contributed by atoms with Gasteiger partial charge < -0.3 is 29.3 Å². The molecule has 1 N–H and O–H groups in total. The summed E-state index contributed by atoms with van der Waals surface area (Å²) < 4.78 is 16.4. The summed E-state index contributed by atoms with van der Waals surface area (Å²) >= 11 is 0. The summed E-state index contributed by atoms with van der Waals surface area (Å²) in [4.78, 5) is 40.8. The van der Waals surface area contributed by atoms with Gasteiger partial charge in [-0.05, 0) is 32.3 Å². The first kappa shape index (κ1) is 24.4. The lowest BCUT2D eigenvalue weighted by Gasteiger charge is -2.46. The summed E-state index contributed by atoms with van der Waals surface area (Å²) in [6.45, 7) is 7.34. The van der Waals surface area contributed by atoms with E-state index in [1.54, 1.807) is 4.90 Å². The molecule has 0 aliphatic carbocycles. The quantitative estimate of drug-likeness (QED) is 0.686. The molecule has 0 bridgehead atoms. The highest BCUT2D eigenvalue weighted by Gasteiger charge is 2.40. The lowest BCUT2D eigenvalue weighted by atomic mass is 10.1. The molecule has 1 aromatic carbocycles. The lowest BCUT2D eigenvalue weighted by Crippen LogP contribution is -2.63. The second kappa shape index (κ2) is 11.2. The number of carbonyl (C=O) groups excluding carboxylic acids is 3. The molecule has 1 aromatic rings. The van der Waals surface area contributed by atoms with E-state index in [-0.39, 0.29) is 43.5 Å². The molecule has 34 heavy (non-hydrogen) atoms. The molecule has 4 heterocycles. The number of rotatable bonds is 2. The number of hydrogen-bond acceptors (Lipinski definition) is 7. The minimum atomic E-state index is -0.473. The van der Waals surface area contributed by atoms with E-state index in [1.165, 1.54) is 4.90 Å². The molecule has 10 heteroatoms. The van der Waals surface area contributed by atoms with Crippen LogP contribution in [0.1, 0.15) is 32.3 Å². The second-order valence-electron chi connectivity index (χ2n) is 9.08. The molecule has 186 valence electrons. The molecule has 0 unspecified atom stereocenters. The van der Waals surface area contributed by atoms with Crippen LogP contribution >= 0.6 is 0 Å². The molecule has 4 aliphatic rings. The molecule has 4 aliphatic heterocycles. The Morgan fingerprint density at radius 3 is 2.32 bits per heavy atom. The largest absolute Gasteiger partial charge is 0.445 e. The smallest absolute Gasteiger partial charge is 0.410 e. The van der Waals surface area contributed by atoms with Crippen molar-refractivity contribution in [1.82, 2.24) is 20.0 Å². The minimum absolute atomic E-state index is 0.0185. The van der Waals surface area contributed by atoms with Crippen molar-refractivity contribution in [3.05, 3.63) is 35.9 Å². The predicted molar refractivity (Wildman–Crippen MR) is 122 cm³/mol. The Kier molecular flexibility index (Phi) is 8.02. The zero-order valence-corrected chi connectivity index (χ0v) is 19.9. The third-order valence-corrected chi connectivity index (χ3v) is 6.60. The monoisotopic (exact) mass is 474 g/mol. The van der Waals surface area contributed by atoms with Gasteiger partial charge in [0, 0.05) is 18.6 Å². The maximum atomic E-state index is 12.2. The van der Waals surface area contributed by atoms with Gasteiger partial charge in [-0.3, -0.25) is 14.5 Å². The fourth-order valence-corrected chi connectivity index (χ4v) is 4.71. The molecule has 4 atom stereocenters. The lowest BCUT2D eigenvalue weighted by molar-refractivity contribution is -0.176. The number of nitrogens with one attached hydrogen (secondary N) is 1. The third-order valence-electron chi connectivity index (χ3n) is 6.60. The van der Waals surface area contributed by atoms with E-state index in [2.05, 4.69) is 12.2 Å². The summed E-state index contributed by atoms with van der Waals surface area (Å²) in [6.07, 6.45) is 0.950. The van der Waals surface area contributed by atoms with Gasteiger partial charge in [0.15, 0.2) is 0 Å². The van der Waals surface area contributed by atoms with Crippen LogP contribution in [0, 0.1) is 0 Å². The van der Waals surface area contributed by atoms with E-state index in [1.807, 2.05) is 42.2 Å².